The Labute approximate surface area is 104 Å². The molecule has 0 radical (unpaired) electrons. The van der Waals surface area contributed by atoms with Crippen LogP contribution in [0.1, 0.15) is 26.2 Å². The zero-order valence-electron chi connectivity index (χ0n) is 10.00. The number of carboxylic acid groups (broad SMARTS) is 1. The standard InChI is InChI=1S/C11H15N3O4/c1-2-3-8(6-11(15)16)13-9-4-5-12-7-10(9)14(17)18/h4-5,7-8H,2-3,6H2,1H3,(H,12,13)(H,15,16). The molecule has 0 aliphatic heterocycles. The van der Waals surface area contributed by atoms with Crippen LogP contribution in [0.2, 0.25) is 0 Å². The normalized spacial score (nSPS) is 11.8. The Bertz CT molecular complexity index is 436. The number of aromatic nitrogens is 1. The van der Waals surface area contributed by atoms with Crippen LogP contribution in [-0.4, -0.2) is 27.0 Å². The zero-order valence-corrected chi connectivity index (χ0v) is 10.00. The predicted molar refractivity (Wildman–Crippen MR) is 65.5 cm³/mol. The van der Waals surface area contributed by atoms with Crippen LogP contribution in [0.4, 0.5) is 11.4 Å². The molecule has 1 aromatic heterocycles. The number of hydrogen-bond acceptors (Lipinski definition) is 5. The molecule has 0 saturated carbocycles. The van der Waals surface area contributed by atoms with Gasteiger partial charge in [-0.25, -0.2) is 0 Å². The van der Waals surface area contributed by atoms with Crippen molar-refractivity contribution in [1.29, 1.82) is 0 Å². The van der Waals surface area contributed by atoms with Gasteiger partial charge in [0.05, 0.1) is 11.3 Å². The number of nitro groups is 1. The van der Waals surface area contributed by atoms with Gasteiger partial charge in [-0.1, -0.05) is 13.3 Å². The highest BCUT2D eigenvalue weighted by Gasteiger charge is 2.18. The van der Waals surface area contributed by atoms with Crippen molar-refractivity contribution in [1.82, 2.24) is 4.98 Å². The van der Waals surface area contributed by atoms with Crippen molar-refractivity contribution in [3.8, 4) is 0 Å². The van der Waals surface area contributed by atoms with Crippen LogP contribution in [0.5, 0.6) is 0 Å². The first-order valence-corrected chi connectivity index (χ1v) is 5.61. The maximum atomic E-state index is 10.8. The van der Waals surface area contributed by atoms with Crippen LogP contribution in [0, 0.1) is 10.1 Å². The van der Waals surface area contributed by atoms with Crippen molar-refractivity contribution < 1.29 is 14.8 Å². The van der Waals surface area contributed by atoms with Gasteiger partial charge in [-0.3, -0.25) is 19.9 Å². The average molecular weight is 253 g/mol. The lowest BCUT2D eigenvalue weighted by Gasteiger charge is -2.17. The summed E-state index contributed by atoms with van der Waals surface area (Å²) in [5, 5.41) is 22.5. The second kappa shape index (κ2) is 6.53. The van der Waals surface area contributed by atoms with Gasteiger partial charge in [0, 0.05) is 12.2 Å². The maximum absolute atomic E-state index is 10.8. The number of anilines is 1. The molecule has 0 saturated heterocycles. The van der Waals surface area contributed by atoms with Crippen LogP contribution >= 0.6 is 0 Å². The zero-order chi connectivity index (χ0) is 13.5. The Balaban J connectivity index is 2.85. The van der Waals surface area contributed by atoms with Crippen molar-refractivity contribution in [3.63, 3.8) is 0 Å². The first-order chi connectivity index (χ1) is 8.54. The molecule has 7 heteroatoms. The molecule has 0 aliphatic carbocycles. The summed E-state index contributed by atoms with van der Waals surface area (Å²) in [6.45, 7) is 1.93. The molecule has 1 heterocycles. The van der Waals surface area contributed by atoms with E-state index in [4.69, 9.17) is 5.11 Å². The maximum Gasteiger partial charge on any atom is 0.310 e. The van der Waals surface area contributed by atoms with E-state index in [9.17, 15) is 14.9 Å². The van der Waals surface area contributed by atoms with Crippen molar-refractivity contribution in [2.24, 2.45) is 0 Å². The number of hydrogen-bond donors (Lipinski definition) is 2. The van der Waals surface area contributed by atoms with Crippen molar-refractivity contribution >= 4 is 17.3 Å². The summed E-state index contributed by atoms with van der Waals surface area (Å²) in [5.41, 5.74) is 0.152. The van der Waals surface area contributed by atoms with E-state index >= 15 is 0 Å². The molecule has 0 amide bonds. The Hall–Kier alpha value is -2.18. The van der Waals surface area contributed by atoms with E-state index in [1.165, 1.54) is 12.3 Å². The number of carbonyl (C=O) groups is 1. The minimum atomic E-state index is -0.933. The van der Waals surface area contributed by atoms with Gasteiger partial charge in [0.15, 0.2) is 0 Å². The van der Waals surface area contributed by atoms with Gasteiger partial charge in [-0.15, -0.1) is 0 Å². The molecule has 0 aliphatic rings. The Morgan fingerprint density at radius 2 is 2.39 bits per heavy atom. The van der Waals surface area contributed by atoms with Gasteiger partial charge in [-0.05, 0) is 12.5 Å². The fourth-order valence-corrected chi connectivity index (χ4v) is 1.66. The Morgan fingerprint density at radius 1 is 1.67 bits per heavy atom. The average Bonchev–Trinajstić information content (AvgIpc) is 2.28. The van der Waals surface area contributed by atoms with E-state index in [2.05, 4.69) is 10.3 Å². The summed E-state index contributed by atoms with van der Waals surface area (Å²) in [6.07, 6.45) is 3.92. The number of nitrogens with one attached hydrogen (secondary N) is 1. The molecular formula is C11H15N3O4. The van der Waals surface area contributed by atoms with E-state index in [-0.39, 0.29) is 18.2 Å². The van der Waals surface area contributed by atoms with Crippen molar-refractivity contribution in [2.45, 2.75) is 32.2 Å². The van der Waals surface area contributed by atoms with Crippen LogP contribution in [0.25, 0.3) is 0 Å². The molecule has 1 unspecified atom stereocenters. The van der Waals surface area contributed by atoms with E-state index < -0.39 is 10.9 Å². The SMILES string of the molecule is CCCC(CC(=O)O)Nc1ccncc1[N+](=O)[O-]. The van der Waals surface area contributed by atoms with Crippen molar-refractivity contribution in [2.75, 3.05) is 5.32 Å². The topological polar surface area (TPSA) is 105 Å². The fraction of sp³-hybridized carbons (Fsp3) is 0.455. The molecule has 1 aromatic rings. The lowest BCUT2D eigenvalue weighted by Crippen LogP contribution is -2.23. The summed E-state index contributed by atoms with van der Waals surface area (Å²) in [7, 11) is 0. The summed E-state index contributed by atoms with van der Waals surface area (Å²) < 4.78 is 0. The van der Waals surface area contributed by atoms with Gasteiger partial charge in [-0.2, -0.15) is 0 Å². The summed E-state index contributed by atoms with van der Waals surface area (Å²) in [4.78, 5) is 24.6. The molecule has 0 bridgehead atoms. The molecule has 0 spiro atoms. The van der Waals surface area contributed by atoms with E-state index in [0.29, 0.717) is 12.1 Å². The number of pyridine rings is 1. The van der Waals surface area contributed by atoms with E-state index in [0.717, 1.165) is 12.6 Å². The summed E-state index contributed by atoms with van der Waals surface area (Å²) in [6, 6.07) is 1.15. The molecule has 1 atom stereocenters. The third-order valence-electron chi connectivity index (χ3n) is 2.41. The van der Waals surface area contributed by atoms with Gasteiger partial charge in [0.2, 0.25) is 0 Å². The molecule has 98 valence electrons. The number of rotatable bonds is 7. The minimum Gasteiger partial charge on any atom is -0.481 e. The second-order valence-electron chi connectivity index (χ2n) is 3.88. The molecule has 7 nitrogen and oxygen atoms in total. The highest BCUT2D eigenvalue weighted by atomic mass is 16.6. The number of carboxylic acids is 1. The van der Waals surface area contributed by atoms with E-state index in [1.807, 2.05) is 6.92 Å². The van der Waals surface area contributed by atoms with Gasteiger partial charge in [0.25, 0.3) is 0 Å². The van der Waals surface area contributed by atoms with Crippen LogP contribution in [0.15, 0.2) is 18.5 Å². The van der Waals surface area contributed by atoms with Crippen LogP contribution in [-0.2, 0) is 4.79 Å². The highest BCUT2D eigenvalue weighted by Crippen LogP contribution is 2.24. The fourth-order valence-electron chi connectivity index (χ4n) is 1.66. The van der Waals surface area contributed by atoms with E-state index in [1.54, 1.807) is 0 Å². The largest absolute Gasteiger partial charge is 0.481 e. The number of aliphatic carboxylic acids is 1. The lowest BCUT2D eigenvalue weighted by atomic mass is 10.1. The lowest BCUT2D eigenvalue weighted by molar-refractivity contribution is -0.384. The monoisotopic (exact) mass is 253 g/mol. The summed E-state index contributed by atoms with van der Waals surface area (Å²) >= 11 is 0. The molecule has 2 N–H and O–H groups in total. The molecule has 18 heavy (non-hydrogen) atoms. The minimum absolute atomic E-state index is 0.0761. The Kier molecular flexibility index (Phi) is 5.04. The third kappa shape index (κ3) is 4.00. The first-order valence-electron chi connectivity index (χ1n) is 5.61. The smallest absolute Gasteiger partial charge is 0.310 e. The second-order valence-corrected chi connectivity index (χ2v) is 3.88. The molecule has 0 fully saturated rings. The Morgan fingerprint density at radius 3 is 2.94 bits per heavy atom. The first kappa shape index (κ1) is 13.9. The molecule has 0 aromatic carbocycles. The molecule has 1 rings (SSSR count). The highest BCUT2D eigenvalue weighted by molar-refractivity contribution is 5.69. The predicted octanol–water partition coefficient (Wildman–Crippen LogP) is 2.05. The van der Waals surface area contributed by atoms with Gasteiger partial charge >= 0.3 is 11.7 Å². The quantitative estimate of drug-likeness (QED) is 0.569. The molecular weight excluding hydrogens is 238 g/mol. The van der Waals surface area contributed by atoms with Crippen LogP contribution < -0.4 is 5.32 Å². The van der Waals surface area contributed by atoms with Gasteiger partial charge in [0.1, 0.15) is 11.9 Å². The van der Waals surface area contributed by atoms with Crippen LogP contribution in [0.3, 0.4) is 0 Å². The van der Waals surface area contributed by atoms with Gasteiger partial charge < -0.3 is 10.4 Å². The third-order valence-corrected chi connectivity index (χ3v) is 2.41. The van der Waals surface area contributed by atoms with Crippen molar-refractivity contribution in [3.05, 3.63) is 28.6 Å². The number of nitrogens with zero attached hydrogens (tertiary/aromatic N) is 2. The summed E-state index contributed by atoms with van der Waals surface area (Å²) in [5.74, 6) is -0.933.